The smallest absolute Gasteiger partial charge is 0.406 e. The van der Waals surface area contributed by atoms with Gasteiger partial charge in [0.05, 0.1) is 12.7 Å². The van der Waals surface area contributed by atoms with Crippen molar-refractivity contribution in [1.29, 1.82) is 0 Å². The highest BCUT2D eigenvalue weighted by molar-refractivity contribution is 5.79. The number of alkyl carbamates (subject to hydrolysis) is 1. The third kappa shape index (κ3) is 6.45. The zero-order chi connectivity index (χ0) is 26.3. The number of rotatable bonds is 9. The van der Waals surface area contributed by atoms with Gasteiger partial charge < -0.3 is 24.8 Å². The molecule has 1 heterocycles. The zero-order valence-electron chi connectivity index (χ0n) is 22.1. The summed E-state index contributed by atoms with van der Waals surface area (Å²) >= 11 is 0. The summed E-state index contributed by atoms with van der Waals surface area (Å²) in [6.45, 7) is 3.64. The van der Waals surface area contributed by atoms with E-state index in [0.29, 0.717) is 31.7 Å². The lowest BCUT2D eigenvalue weighted by atomic mass is 9.73. The van der Waals surface area contributed by atoms with Gasteiger partial charge in [-0.25, -0.2) is 4.79 Å². The molecule has 200 valence electrons. The van der Waals surface area contributed by atoms with Gasteiger partial charge in [0.2, 0.25) is 5.91 Å². The SMILES string of the molecule is COC(=O)NCCC[C@@](O)(c1ccccc1Oc1ccccc1C)[C@@H]1CCCN(C(=O)C2CCCC2)C1. The summed E-state index contributed by atoms with van der Waals surface area (Å²) < 4.78 is 11.1. The van der Waals surface area contributed by atoms with Crippen LogP contribution in [-0.2, 0) is 15.1 Å². The number of likely N-dealkylation sites (tertiary alicyclic amines) is 1. The fourth-order valence-corrected chi connectivity index (χ4v) is 5.88. The highest BCUT2D eigenvalue weighted by Crippen LogP contribution is 2.44. The Morgan fingerprint density at radius 3 is 2.46 bits per heavy atom. The Balaban J connectivity index is 1.61. The fraction of sp³-hybridized carbons (Fsp3) is 0.533. The van der Waals surface area contributed by atoms with Crippen molar-refractivity contribution >= 4 is 12.0 Å². The Hall–Kier alpha value is -3.06. The standard InChI is InChI=1S/C30H40N2O5/c1-22-11-3-7-16-26(22)37-27-17-8-6-15-25(27)30(35,18-10-19-31-29(34)36-2)24-14-9-20-32(21-24)28(33)23-12-4-5-13-23/h3,6-8,11,15-17,23-24,35H,4-5,9-10,12-14,18-21H2,1-2H3,(H,31,34)/t24-,30+/m1/s1. The van der Waals surface area contributed by atoms with Gasteiger partial charge in [0.15, 0.2) is 0 Å². The van der Waals surface area contributed by atoms with Crippen LogP contribution < -0.4 is 10.1 Å². The second-order valence-corrected chi connectivity index (χ2v) is 10.4. The quantitative estimate of drug-likeness (QED) is 0.434. The first-order valence-corrected chi connectivity index (χ1v) is 13.6. The van der Waals surface area contributed by atoms with E-state index in [0.717, 1.165) is 61.9 Å². The summed E-state index contributed by atoms with van der Waals surface area (Å²) in [6.07, 6.45) is 6.33. The maximum atomic E-state index is 13.3. The minimum atomic E-state index is -1.23. The molecular formula is C30H40N2O5. The highest BCUT2D eigenvalue weighted by atomic mass is 16.5. The van der Waals surface area contributed by atoms with Gasteiger partial charge in [-0.2, -0.15) is 0 Å². The average molecular weight is 509 g/mol. The molecule has 2 fully saturated rings. The fourth-order valence-electron chi connectivity index (χ4n) is 5.88. The number of ether oxygens (including phenoxy) is 2. The molecule has 0 radical (unpaired) electrons. The van der Waals surface area contributed by atoms with E-state index in [1.165, 1.54) is 7.11 Å². The first kappa shape index (κ1) is 27.0. The van der Waals surface area contributed by atoms with Gasteiger partial charge >= 0.3 is 6.09 Å². The van der Waals surface area contributed by atoms with Gasteiger partial charge in [0.25, 0.3) is 0 Å². The van der Waals surface area contributed by atoms with E-state index in [4.69, 9.17) is 9.47 Å². The van der Waals surface area contributed by atoms with Crippen LogP contribution in [0.25, 0.3) is 0 Å². The van der Waals surface area contributed by atoms with E-state index in [2.05, 4.69) is 5.32 Å². The highest BCUT2D eigenvalue weighted by Gasteiger charge is 2.43. The van der Waals surface area contributed by atoms with Gasteiger partial charge in [-0.3, -0.25) is 4.79 Å². The molecule has 1 saturated carbocycles. The number of nitrogens with one attached hydrogen (secondary N) is 1. The summed E-state index contributed by atoms with van der Waals surface area (Å²) in [5.41, 5.74) is 0.497. The van der Waals surface area contributed by atoms with Gasteiger partial charge in [-0.15, -0.1) is 0 Å². The second-order valence-electron chi connectivity index (χ2n) is 10.4. The van der Waals surface area contributed by atoms with E-state index in [1.54, 1.807) is 0 Å². The number of benzene rings is 2. The molecule has 0 bridgehead atoms. The lowest BCUT2D eigenvalue weighted by molar-refractivity contribution is -0.140. The number of nitrogens with zero attached hydrogens (tertiary/aromatic N) is 1. The van der Waals surface area contributed by atoms with E-state index >= 15 is 0 Å². The van der Waals surface area contributed by atoms with Gasteiger partial charge in [0, 0.05) is 37.0 Å². The third-order valence-corrected chi connectivity index (χ3v) is 7.97. The number of para-hydroxylation sites is 2. The number of carbonyl (C=O) groups is 2. The molecule has 2 amide bonds. The molecule has 37 heavy (non-hydrogen) atoms. The Morgan fingerprint density at radius 2 is 1.73 bits per heavy atom. The third-order valence-electron chi connectivity index (χ3n) is 7.97. The molecule has 7 heteroatoms. The Morgan fingerprint density at radius 1 is 1.03 bits per heavy atom. The van der Waals surface area contributed by atoms with Crippen LogP contribution >= 0.6 is 0 Å². The van der Waals surface area contributed by atoms with Crippen molar-refractivity contribution in [3.05, 3.63) is 59.7 Å². The first-order chi connectivity index (χ1) is 17.9. The minimum absolute atomic E-state index is 0.118. The lowest BCUT2D eigenvalue weighted by Crippen LogP contribution is -2.49. The van der Waals surface area contributed by atoms with Crippen LogP contribution in [0, 0.1) is 18.8 Å². The van der Waals surface area contributed by atoms with Crippen molar-refractivity contribution in [2.24, 2.45) is 11.8 Å². The number of hydrogen-bond donors (Lipinski definition) is 2. The molecule has 2 N–H and O–H groups in total. The molecule has 1 saturated heterocycles. The summed E-state index contributed by atoms with van der Waals surface area (Å²) in [4.78, 5) is 26.8. The molecule has 2 aliphatic rings. The Kier molecular flexibility index (Phi) is 9.09. The molecule has 0 aromatic heterocycles. The molecule has 0 unspecified atom stereocenters. The van der Waals surface area contributed by atoms with Crippen LogP contribution in [0.2, 0.25) is 0 Å². The van der Waals surface area contributed by atoms with Gasteiger partial charge in [-0.1, -0.05) is 49.2 Å². The Labute approximate surface area is 220 Å². The summed E-state index contributed by atoms with van der Waals surface area (Å²) in [5.74, 6) is 1.56. The maximum Gasteiger partial charge on any atom is 0.406 e. The van der Waals surface area contributed by atoms with Crippen LogP contribution in [0.1, 0.15) is 62.5 Å². The van der Waals surface area contributed by atoms with Crippen molar-refractivity contribution in [3.8, 4) is 11.5 Å². The molecule has 2 atom stereocenters. The second kappa shape index (κ2) is 12.5. The maximum absolute atomic E-state index is 13.3. The van der Waals surface area contributed by atoms with Crippen molar-refractivity contribution < 1.29 is 24.2 Å². The predicted octanol–water partition coefficient (Wildman–Crippen LogP) is 5.54. The molecule has 2 aromatic rings. The average Bonchev–Trinajstić information content (AvgIpc) is 3.47. The monoisotopic (exact) mass is 508 g/mol. The molecule has 1 aliphatic carbocycles. The van der Waals surface area contributed by atoms with E-state index in [-0.39, 0.29) is 17.7 Å². The number of methoxy groups -OCH3 is 1. The molecule has 4 rings (SSSR count). The Bertz CT molecular complexity index is 1070. The number of aryl methyl sites for hydroxylation is 1. The van der Waals surface area contributed by atoms with Crippen LogP contribution in [0.5, 0.6) is 11.5 Å². The minimum Gasteiger partial charge on any atom is -0.457 e. The van der Waals surface area contributed by atoms with E-state index in [1.807, 2.05) is 60.4 Å². The van der Waals surface area contributed by atoms with Gasteiger partial charge in [0.1, 0.15) is 11.5 Å². The van der Waals surface area contributed by atoms with Crippen molar-refractivity contribution in [1.82, 2.24) is 10.2 Å². The topological polar surface area (TPSA) is 88.1 Å². The number of aliphatic hydroxyl groups is 1. The molecule has 7 nitrogen and oxygen atoms in total. The summed E-state index contributed by atoms with van der Waals surface area (Å²) in [5, 5.41) is 15.2. The van der Waals surface area contributed by atoms with Crippen LogP contribution in [0.4, 0.5) is 4.79 Å². The van der Waals surface area contributed by atoms with Crippen LogP contribution in [0.3, 0.4) is 0 Å². The van der Waals surface area contributed by atoms with Gasteiger partial charge in [-0.05, 0) is 63.1 Å². The van der Waals surface area contributed by atoms with Crippen molar-refractivity contribution in [3.63, 3.8) is 0 Å². The molecule has 0 spiro atoms. The predicted molar refractivity (Wildman–Crippen MR) is 142 cm³/mol. The summed E-state index contributed by atoms with van der Waals surface area (Å²) in [7, 11) is 1.34. The molecule has 1 aliphatic heterocycles. The van der Waals surface area contributed by atoms with E-state index < -0.39 is 11.7 Å². The number of piperidine rings is 1. The van der Waals surface area contributed by atoms with E-state index in [9.17, 15) is 14.7 Å². The normalized spacial score (nSPS) is 19.8. The molecule has 2 aromatic carbocycles. The van der Waals surface area contributed by atoms with Crippen LogP contribution in [0.15, 0.2) is 48.5 Å². The lowest BCUT2D eigenvalue weighted by Gasteiger charge is -2.44. The zero-order valence-corrected chi connectivity index (χ0v) is 22.1. The summed E-state index contributed by atoms with van der Waals surface area (Å²) in [6, 6.07) is 15.5. The van der Waals surface area contributed by atoms with Crippen molar-refractivity contribution in [2.75, 3.05) is 26.7 Å². The number of amides is 2. The number of hydrogen-bond acceptors (Lipinski definition) is 5. The van der Waals surface area contributed by atoms with Crippen molar-refractivity contribution in [2.45, 2.75) is 63.9 Å². The largest absolute Gasteiger partial charge is 0.457 e. The number of carbonyl (C=O) groups excluding carboxylic acids is 2. The van der Waals surface area contributed by atoms with Crippen LogP contribution in [-0.4, -0.2) is 48.8 Å². The molecular weight excluding hydrogens is 468 g/mol. The first-order valence-electron chi connectivity index (χ1n) is 13.6.